The SMILES string of the molecule is CC(=O)Nc1ccc(NC(=O)C(=O)N/N=C(\C)c2ccc(Cl)s2)cc1. The zero-order valence-corrected chi connectivity index (χ0v) is 15.0. The lowest BCUT2D eigenvalue weighted by Crippen LogP contribution is -2.32. The van der Waals surface area contributed by atoms with Crippen LogP contribution in [0.5, 0.6) is 0 Å². The van der Waals surface area contributed by atoms with Crippen LogP contribution in [0, 0.1) is 0 Å². The van der Waals surface area contributed by atoms with Gasteiger partial charge in [-0.1, -0.05) is 11.6 Å². The highest BCUT2D eigenvalue weighted by molar-refractivity contribution is 7.18. The van der Waals surface area contributed by atoms with Crippen molar-refractivity contribution < 1.29 is 14.4 Å². The third kappa shape index (κ3) is 5.70. The molecule has 0 aliphatic carbocycles. The van der Waals surface area contributed by atoms with Crippen LogP contribution < -0.4 is 16.1 Å². The van der Waals surface area contributed by atoms with E-state index in [1.54, 1.807) is 43.3 Å². The number of carbonyl (C=O) groups is 3. The number of carbonyl (C=O) groups excluding carboxylic acids is 3. The maximum absolute atomic E-state index is 11.8. The average Bonchev–Trinajstić information content (AvgIpc) is 3.00. The van der Waals surface area contributed by atoms with E-state index >= 15 is 0 Å². The van der Waals surface area contributed by atoms with E-state index in [1.165, 1.54) is 18.3 Å². The summed E-state index contributed by atoms with van der Waals surface area (Å²) in [5, 5.41) is 8.92. The molecule has 0 aliphatic heterocycles. The molecule has 0 aliphatic rings. The van der Waals surface area contributed by atoms with Crippen LogP contribution >= 0.6 is 22.9 Å². The predicted molar refractivity (Wildman–Crippen MR) is 99.1 cm³/mol. The van der Waals surface area contributed by atoms with Crippen LogP contribution in [0.3, 0.4) is 0 Å². The summed E-state index contributed by atoms with van der Waals surface area (Å²) in [6.07, 6.45) is 0. The van der Waals surface area contributed by atoms with Gasteiger partial charge in [-0.2, -0.15) is 5.10 Å². The molecule has 1 heterocycles. The van der Waals surface area contributed by atoms with Gasteiger partial charge in [-0.05, 0) is 43.3 Å². The van der Waals surface area contributed by atoms with Crippen molar-refractivity contribution in [2.75, 3.05) is 10.6 Å². The first-order valence-corrected chi connectivity index (χ1v) is 8.33. The smallest absolute Gasteiger partial charge is 0.326 e. The average molecular weight is 379 g/mol. The fraction of sp³-hybridized carbons (Fsp3) is 0.125. The summed E-state index contributed by atoms with van der Waals surface area (Å²) in [6, 6.07) is 9.85. The number of rotatable bonds is 4. The van der Waals surface area contributed by atoms with Gasteiger partial charge in [0.05, 0.1) is 14.9 Å². The minimum atomic E-state index is -0.895. The number of nitrogens with zero attached hydrogens (tertiary/aromatic N) is 1. The van der Waals surface area contributed by atoms with E-state index in [2.05, 4.69) is 21.2 Å². The second-order valence-corrected chi connectivity index (χ2v) is 6.67. The van der Waals surface area contributed by atoms with Gasteiger partial charge in [0.15, 0.2) is 0 Å². The Morgan fingerprint density at radius 2 is 1.52 bits per heavy atom. The van der Waals surface area contributed by atoms with Gasteiger partial charge in [0.1, 0.15) is 0 Å². The first-order chi connectivity index (χ1) is 11.8. The second-order valence-electron chi connectivity index (χ2n) is 4.95. The molecule has 3 N–H and O–H groups in total. The molecular formula is C16H15ClN4O3S. The highest BCUT2D eigenvalue weighted by Gasteiger charge is 2.13. The molecular weight excluding hydrogens is 364 g/mol. The predicted octanol–water partition coefficient (Wildman–Crippen LogP) is 2.84. The molecule has 0 saturated carbocycles. The zero-order chi connectivity index (χ0) is 18.4. The molecule has 2 aromatic rings. The van der Waals surface area contributed by atoms with E-state index in [9.17, 15) is 14.4 Å². The van der Waals surface area contributed by atoms with Crippen molar-refractivity contribution in [3.63, 3.8) is 0 Å². The maximum Gasteiger partial charge on any atom is 0.329 e. The van der Waals surface area contributed by atoms with Gasteiger partial charge in [-0.3, -0.25) is 14.4 Å². The summed E-state index contributed by atoms with van der Waals surface area (Å²) < 4.78 is 0.608. The number of hydrazone groups is 1. The van der Waals surface area contributed by atoms with Crippen molar-refractivity contribution in [1.82, 2.24) is 5.43 Å². The summed E-state index contributed by atoms with van der Waals surface area (Å²) in [5.74, 6) is -1.95. The number of nitrogens with one attached hydrogen (secondary N) is 3. The van der Waals surface area contributed by atoms with E-state index in [0.29, 0.717) is 21.4 Å². The van der Waals surface area contributed by atoms with Crippen LogP contribution in [0.2, 0.25) is 4.34 Å². The van der Waals surface area contributed by atoms with Crippen molar-refractivity contribution in [3.8, 4) is 0 Å². The zero-order valence-electron chi connectivity index (χ0n) is 13.4. The number of hydrogen-bond donors (Lipinski definition) is 3. The maximum atomic E-state index is 11.8. The van der Waals surface area contributed by atoms with Crippen LogP contribution in [0.4, 0.5) is 11.4 Å². The molecule has 3 amide bonds. The number of thiophene rings is 1. The van der Waals surface area contributed by atoms with Crippen molar-refractivity contribution >= 4 is 57.7 Å². The molecule has 1 aromatic carbocycles. The Hall–Kier alpha value is -2.71. The van der Waals surface area contributed by atoms with E-state index in [-0.39, 0.29) is 5.91 Å². The van der Waals surface area contributed by atoms with Gasteiger partial charge in [-0.15, -0.1) is 11.3 Å². The van der Waals surface area contributed by atoms with Gasteiger partial charge in [-0.25, -0.2) is 5.43 Å². The molecule has 130 valence electrons. The van der Waals surface area contributed by atoms with Crippen LogP contribution in [-0.2, 0) is 14.4 Å². The fourth-order valence-electron chi connectivity index (χ4n) is 1.78. The molecule has 0 saturated heterocycles. The van der Waals surface area contributed by atoms with Gasteiger partial charge in [0.2, 0.25) is 5.91 Å². The van der Waals surface area contributed by atoms with Crippen molar-refractivity contribution in [1.29, 1.82) is 0 Å². The highest BCUT2D eigenvalue weighted by Crippen LogP contribution is 2.21. The van der Waals surface area contributed by atoms with Crippen LogP contribution in [0.25, 0.3) is 0 Å². The summed E-state index contributed by atoms with van der Waals surface area (Å²) >= 11 is 7.15. The van der Waals surface area contributed by atoms with E-state index in [1.807, 2.05) is 0 Å². The van der Waals surface area contributed by atoms with E-state index in [0.717, 1.165) is 4.88 Å². The molecule has 9 heteroatoms. The summed E-state index contributed by atoms with van der Waals surface area (Å²) in [6.45, 7) is 3.09. The lowest BCUT2D eigenvalue weighted by molar-refractivity contribution is -0.136. The summed E-state index contributed by atoms with van der Waals surface area (Å²) in [7, 11) is 0. The number of amides is 3. The van der Waals surface area contributed by atoms with Gasteiger partial charge >= 0.3 is 11.8 Å². The van der Waals surface area contributed by atoms with E-state index < -0.39 is 11.8 Å². The molecule has 0 unspecified atom stereocenters. The lowest BCUT2D eigenvalue weighted by Gasteiger charge is -2.06. The monoisotopic (exact) mass is 378 g/mol. The Morgan fingerprint density at radius 3 is 2.04 bits per heavy atom. The highest BCUT2D eigenvalue weighted by atomic mass is 35.5. The molecule has 0 spiro atoms. The third-order valence-corrected chi connectivity index (χ3v) is 4.26. The molecule has 0 atom stereocenters. The Balaban J connectivity index is 1.91. The Kier molecular flexibility index (Phi) is 6.26. The second kappa shape index (κ2) is 8.41. The third-order valence-electron chi connectivity index (χ3n) is 2.92. The molecule has 0 radical (unpaired) electrons. The fourth-order valence-corrected chi connectivity index (χ4v) is 2.77. The summed E-state index contributed by atoms with van der Waals surface area (Å²) in [5.41, 5.74) is 3.74. The molecule has 25 heavy (non-hydrogen) atoms. The van der Waals surface area contributed by atoms with E-state index in [4.69, 9.17) is 11.6 Å². The lowest BCUT2D eigenvalue weighted by atomic mass is 10.2. The largest absolute Gasteiger partial charge is 0.329 e. The molecule has 1 aromatic heterocycles. The Bertz CT molecular complexity index is 830. The van der Waals surface area contributed by atoms with Crippen molar-refractivity contribution in [3.05, 3.63) is 45.6 Å². The van der Waals surface area contributed by atoms with Crippen LogP contribution in [0.15, 0.2) is 41.5 Å². The molecule has 0 bridgehead atoms. The first kappa shape index (κ1) is 18.6. The number of anilines is 2. The van der Waals surface area contributed by atoms with Gasteiger partial charge < -0.3 is 10.6 Å². The normalized spacial score (nSPS) is 10.9. The standard InChI is InChI=1S/C16H15ClN4O3S/c1-9(13-7-8-14(17)25-13)20-21-16(24)15(23)19-12-5-3-11(4-6-12)18-10(2)22/h3-8H,1-2H3,(H,18,22)(H,19,23)(H,21,24)/b20-9+. The number of hydrogen-bond acceptors (Lipinski definition) is 5. The minimum absolute atomic E-state index is 0.198. The van der Waals surface area contributed by atoms with Gasteiger partial charge in [0.25, 0.3) is 0 Å². The number of benzene rings is 1. The Labute approximate surface area is 153 Å². The van der Waals surface area contributed by atoms with Crippen LogP contribution in [0.1, 0.15) is 18.7 Å². The Morgan fingerprint density at radius 1 is 0.920 bits per heavy atom. The number of halogens is 1. The summed E-state index contributed by atoms with van der Waals surface area (Å²) in [4.78, 5) is 35.4. The molecule has 7 nitrogen and oxygen atoms in total. The molecule has 0 fully saturated rings. The molecule has 2 rings (SSSR count). The minimum Gasteiger partial charge on any atom is -0.326 e. The van der Waals surface area contributed by atoms with Crippen molar-refractivity contribution in [2.45, 2.75) is 13.8 Å². The quantitative estimate of drug-likeness (QED) is 0.433. The first-order valence-electron chi connectivity index (χ1n) is 7.14. The topological polar surface area (TPSA) is 99.7 Å². The van der Waals surface area contributed by atoms with Gasteiger partial charge in [0, 0.05) is 18.3 Å². The van der Waals surface area contributed by atoms with Crippen LogP contribution in [-0.4, -0.2) is 23.4 Å². The van der Waals surface area contributed by atoms with Crippen molar-refractivity contribution in [2.24, 2.45) is 5.10 Å².